The Balaban J connectivity index is 1.45. The predicted molar refractivity (Wildman–Crippen MR) is 141 cm³/mol. The summed E-state index contributed by atoms with van der Waals surface area (Å²) >= 11 is 0. The molecular formula is C27H37BN4O6. The number of morpholine rings is 1. The van der Waals surface area contributed by atoms with Crippen LogP contribution in [0.25, 0.3) is 0 Å². The standard InChI is InChI=1S/C27H37BN4O6/c1-26(2,31-12-14-37-15-13-31)16-21(18-29)24(33)32-22-8-10-27(32,11-9-22)19-38-25(34)30-23(17-28(35)36)20-6-4-3-5-7-20/h3-7,16,22-23,35-36H,8-15,17,19H2,1-2H3,(H,30,34)/t22?,23-,27?/m0/s1. The zero-order chi connectivity index (χ0) is 27.3. The molecule has 1 atom stereocenters. The van der Waals surface area contributed by atoms with Gasteiger partial charge >= 0.3 is 13.2 Å². The Morgan fingerprint density at radius 2 is 1.92 bits per heavy atom. The number of hydrogen-bond acceptors (Lipinski definition) is 8. The van der Waals surface area contributed by atoms with Gasteiger partial charge in [-0.1, -0.05) is 30.3 Å². The number of alkyl carbamates (subject to hydrolysis) is 1. The minimum atomic E-state index is -1.60. The third kappa shape index (κ3) is 6.21. The molecule has 11 heteroatoms. The van der Waals surface area contributed by atoms with Crippen LogP contribution in [0.15, 0.2) is 42.0 Å². The summed E-state index contributed by atoms with van der Waals surface area (Å²) in [5.74, 6) is -0.316. The fourth-order valence-electron chi connectivity index (χ4n) is 6.04. The third-order valence-corrected chi connectivity index (χ3v) is 8.07. The van der Waals surface area contributed by atoms with Crippen LogP contribution >= 0.6 is 0 Å². The number of hydrogen-bond donors (Lipinski definition) is 3. The molecule has 3 aliphatic rings. The van der Waals surface area contributed by atoms with Gasteiger partial charge in [-0.05, 0) is 51.2 Å². The Hall–Kier alpha value is -2.91. The van der Waals surface area contributed by atoms with E-state index in [-0.39, 0.29) is 30.4 Å². The van der Waals surface area contributed by atoms with Crippen molar-refractivity contribution in [3.8, 4) is 6.07 Å². The zero-order valence-electron chi connectivity index (χ0n) is 22.1. The first-order valence-corrected chi connectivity index (χ1v) is 13.3. The predicted octanol–water partition coefficient (Wildman–Crippen LogP) is 2.01. The maximum absolute atomic E-state index is 13.7. The van der Waals surface area contributed by atoms with E-state index in [1.54, 1.807) is 35.2 Å². The molecule has 0 saturated carbocycles. The molecule has 3 heterocycles. The van der Waals surface area contributed by atoms with Crippen molar-refractivity contribution in [1.29, 1.82) is 5.26 Å². The van der Waals surface area contributed by atoms with E-state index in [2.05, 4.69) is 16.3 Å². The molecule has 204 valence electrons. The van der Waals surface area contributed by atoms with Gasteiger partial charge in [-0.2, -0.15) is 5.26 Å². The van der Waals surface area contributed by atoms with E-state index in [4.69, 9.17) is 9.47 Å². The van der Waals surface area contributed by atoms with E-state index in [1.807, 2.05) is 19.9 Å². The van der Waals surface area contributed by atoms with Gasteiger partial charge in [0, 0.05) is 31.0 Å². The molecule has 2 bridgehead atoms. The largest absolute Gasteiger partial charge is 0.453 e. The van der Waals surface area contributed by atoms with Crippen LogP contribution in [-0.2, 0) is 14.3 Å². The normalized spacial score (nSPS) is 24.6. The summed E-state index contributed by atoms with van der Waals surface area (Å²) in [6, 6.07) is 10.5. The molecule has 1 aromatic rings. The first-order chi connectivity index (χ1) is 18.1. The second kappa shape index (κ2) is 11.9. The maximum Gasteiger partial charge on any atom is 0.453 e. The van der Waals surface area contributed by atoms with Crippen LogP contribution in [0.5, 0.6) is 0 Å². The molecule has 3 saturated heterocycles. The number of amides is 2. The van der Waals surface area contributed by atoms with E-state index in [1.165, 1.54) is 0 Å². The fraction of sp³-hybridized carbons (Fsp3) is 0.593. The molecule has 3 N–H and O–H groups in total. The molecule has 0 aliphatic carbocycles. The molecule has 1 aromatic carbocycles. The summed E-state index contributed by atoms with van der Waals surface area (Å²) in [6.45, 7) is 6.70. The number of carbonyl (C=O) groups is 2. The Morgan fingerprint density at radius 1 is 1.26 bits per heavy atom. The van der Waals surface area contributed by atoms with E-state index in [0.717, 1.165) is 31.5 Å². The topological polar surface area (TPSA) is 135 Å². The lowest BCUT2D eigenvalue weighted by atomic mass is 9.79. The highest BCUT2D eigenvalue weighted by molar-refractivity contribution is 6.41. The van der Waals surface area contributed by atoms with Gasteiger partial charge in [0.15, 0.2) is 0 Å². The molecule has 0 spiro atoms. The van der Waals surface area contributed by atoms with E-state index >= 15 is 0 Å². The van der Waals surface area contributed by atoms with Crippen molar-refractivity contribution in [2.75, 3.05) is 32.9 Å². The summed E-state index contributed by atoms with van der Waals surface area (Å²) in [6.07, 6.45) is 3.95. The molecule has 3 aliphatic heterocycles. The molecule has 0 aromatic heterocycles. The van der Waals surface area contributed by atoms with Crippen LogP contribution in [0, 0.1) is 11.3 Å². The van der Waals surface area contributed by atoms with Gasteiger partial charge in [-0.3, -0.25) is 9.69 Å². The third-order valence-electron chi connectivity index (χ3n) is 8.07. The lowest BCUT2D eigenvalue weighted by Crippen LogP contribution is -2.51. The number of fused-ring (bicyclic) bond motifs is 2. The molecule has 10 nitrogen and oxygen atoms in total. The van der Waals surface area contributed by atoms with Crippen molar-refractivity contribution < 1.29 is 29.1 Å². The van der Waals surface area contributed by atoms with Crippen molar-refractivity contribution in [1.82, 2.24) is 15.1 Å². The minimum absolute atomic E-state index is 0.00975. The van der Waals surface area contributed by atoms with Crippen molar-refractivity contribution >= 4 is 19.1 Å². The van der Waals surface area contributed by atoms with Crippen LogP contribution in [0.2, 0.25) is 6.32 Å². The van der Waals surface area contributed by atoms with Gasteiger partial charge in [-0.25, -0.2) is 4.79 Å². The SMILES string of the molecule is CC(C)(C=C(C#N)C(=O)N1C2CCC1(COC(=O)N[C@@H](CB(O)O)c1ccccc1)CC2)N1CCOCC1. The molecule has 4 rings (SSSR count). The number of ether oxygens (including phenoxy) is 2. The van der Waals surface area contributed by atoms with Crippen LogP contribution in [0.3, 0.4) is 0 Å². The van der Waals surface area contributed by atoms with Crippen molar-refractivity contribution in [2.24, 2.45) is 0 Å². The summed E-state index contributed by atoms with van der Waals surface area (Å²) in [7, 11) is -1.60. The quantitative estimate of drug-likeness (QED) is 0.254. The maximum atomic E-state index is 13.7. The molecule has 0 unspecified atom stereocenters. The summed E-state index contributed by atoms with van der Waals surface area (Å²) in [5.41, 5.74) is -0.320. The molecule has 0 radical (unpaired) electrons. The summed E-state index contributed by atoms with van der Waals surface area (Å²) < 4.78 is 11.1. The van der Waals surface area contributed by atoms with Crippen molar-refractivity contribution in [3.05, 3.63) is 47.5 Å². The number of nitriles is 1. The van der Waals surface area contributed by atoms with Gasteiger partial charge in [0.2, 0.25) is 0 Å². The highest BCUT2D eigenvalue weighted by Gasteiger charge is 2.55. The first-order valence-electron chi connectivity index (χ1n) is 13.3. The second-order valence-electron chi connectivity index (χ2n) is 11.0. The monoisotopic (exact) mass is 524 g/mol. The highest BCUT2D eigenvalue weighted by Crippen LogP contribution is 2.47. The Kier molecular flexibility index (Phi) is 8.78. The molecule has 3 fully saturated rings. The fourth-order valence-corrected chi connectivity index (χ4v) is 6.04. The molecule has 38 heavy (non-hydrogen) atoms. The average molecular weight is 524 g/mol. The second-order valence-corrected chi connectivity index (χ2v) is 11.0. The lowest BCUT2D eigenvalue weighted by Gasteiger charge is -2.39. The van der Waals surface area contributed by atoms with E-state index in [0.29, 0.717) is 26.1 Å². The smallest absolute Gasteiger partial charge is 0.447 e. The van der Waals surface area contributed by atoms with Gasteiger partial charge in [-0.15, -0.1) is 0 Å². The number of carbonyl (C=O) groups excluding carboxylic acids is 2. The minimum Gasteiger partial charge on any atom is -0.447 e. The van der Waals surface area contributed by atoms with Gasteiger partial charge in [0.25, 0.3) is 5.91 Å². The highest BCUT2D eigenvalue weighted by atomic mass is 16.5. The Labute approximate surface area is 224 Å². The first kappa shape index (κ1) is 28.1. The lowest BCUT2D eigenvalue weighted by molar-refractivity contribution is -0.132. The number of benzene rings is 1. The van der Waals surface area contributed by atoms with E-state index < -0.39 is 30.3 Å². The molecule has 2 amide bonds. The van der Waals surface area contributed by atoms with Gasteiger partial charge in [0.1, 0.15) is 18.2 Å². The van der Waals surface area contributed by atoms with Gasteiger partial charge in [0.05, 0.1) is 24.8 Å². The molecular weight excluding hydrogens is 487 g/mol. The number of rotatable bonds is 9. The van der Waals surface area contributed by atoms with Crippen molar-refractivity contribution in [3.63, 3.8) is 0 Å². The number of nitrogens with zero attached hydrogens (tertiary/aromatic N) is 3. The average Bonchev–Trinajstić information content (AvgIpc) is 3.46. The van der Waals surface area contributed by atoms with Crippen LogP contribution < -0.4 is 5.32 Å². The van der Waals surface area contributed by atoms with Gasteiger partial charge < -0.3 is 29.7 Å². The van der Waals surface area contributed by atoms with Crippen LogP contribution in [0.4, 0.5) is 4.79 Å². The summed E-state index contributed by atoms with van der Waals surface area (Å²) in [4.78, 5) is 30.5. The zero-order valence-corrected chi connectivity index (χ0v) is 22.1. The summed E-state index contributed by atoms with van der Waals surface area (Å²) in [5, 5.41) is 31.7. The van der Waals surface area contributed by atoms with Crippen molar-refractivity contribution in [2.45, 2.75) is 69.0 Å². The van der Waals surface area contributed by atoms with Crippen LogP contribution in [0.1, 0.15) is 51.1 Å². The van der Waals surface area contributed by atoms with Crippen LogP contribution in [-0.4, -0.2) is 89.0 Å². The van der Waals surface area contributed by atoms with E-state index in [9.17, 15) is 24.9 Å². The number of nitrogens with one attached hydrogen (secondary N) is 1. The Bertz CT molecular complexity index is 1060. The Morgan fingerprint density at radius 3 is 2.53 bits per heavy atom.